The lowest BCUT2D eigenvalue weighted by Crippen LogP contribution is -2.51. The van der Waals surface area contributed by atoms with Crippen molar-refractivity contribution in [2.24, 2.45) is 0 Å². The number of benzene rings is 3. The second-order valence-corrected chi connectivity index (χ2v) is 9.66. The molecule has 0 saturated carbocycles. The lowest BCUT2D eigenvalue weighted by Gasteiger charge is -2.34. The predicted molar refractivity (Wildman–Crippen MR) is 149 cm³/mol. The van der Waals surface area contributed by atoms with Crippen molar-refractivity contribution in [2.45, 2.75) is 31.0 Å². The van der Waals surface area contributed by atoms with Gasteiger partial charge >= 0.3 is 23.6 Å². The number of hydrogen-bond donors (Lipinski definition) is 1. The normalized spacial score (nSPS) is 21.3. The van der Waals surface area contributed by atoms with Crippen LogP contribution < -0.4 is 11.4 Å². The van der Waals surface area contributed by atoms with Crippen LogP contribution >= 0.6 is 0 Å². The third-order valence-electron chi connectivity index (χ3n) is 6.75. The first-order chi connectivity index (χ1) is 20.3. The highest BCUT2D eigenvalue weighted by Gasteiger charge is 2.60. The molecule has 2 N–H and O–H groups in total. The molecule has 1 unspecified atom stereocenters. The van der Waals surface area contributed by atoms with Crippen molar-refractivity contribution >= 4 is 23.7 Å². The highest BCUT2D eigenvalue weighted by Crippen LogP contribution is 2.43. The minimum absolute atomic E-state index is 0.0300. The summed E-state index contributed by atoms with van der Waals surface area (Å²) in [5.41, 5.74) is 3.83. The van der Waals surface area contributed by atoms with Gasteiger partial charge < -0.3 is 24.7 Å². The van der Waals surface area contributed by atoms with Gasteiger partial charge in [0.05, 0.1) is 16.7 Å². The van der Waals surface area contributed by atoms with Crippen molar-refractivity contribution in [1.29, 1.82) is 0 Å². The average molecular weight is 570 g/mol. The number of anilines is 1. The second-order valence-electron chi connectivity index (χ2n) is 9.66. The van der Waals surface area contributed by atoms with Gasteiger partial charge in [0.15, 0.2) is 17.9 Å². The summed E-state index contributed by atoms with van der Waals surface area (Å²) in [4.78, 5) is 56.1. The van der Waals surface area contributed by atoms with Gasteiger partial charge in [-0.25, -0.2) is 19.2 Å². The highest BCUT2D eigenvalue weighted by molar-refractivity contribution is 5.91. The number of hydrogen-bond acceptors (Lipinski definition) is 10. The van der Waals surface area contributed by atoms with E-state index in [0.717, 1.165) is 4.57 Å². The Kier molecular flexibility index (Phi) is 8.12. The number of nitrogen functional groups attached to an aromatic ring is 1. The zero-order chi connectivity index (χ0) is 29.7. The van der Waals surface area contributed by atoms with Gasteiger partial charge in [0.1, 0.15) is 18.5 Å². The lowest BCUT2D eigenvalue weighted by molar-refractivity contribution is -0.111. The number of esters is 3. The quantitative estimate of drug-likeness (QED) is 0.247. The maximum atomic E-state index is 13.4. The second kappa shape index (κ2) is 12.1. The Bertz CT molecular complexity index is 1630. The van der Waals surface area contributed by atoms with E-state index in [2.05, 4.69) is 4.98 Å². The molecule has 4 aromatic rings. The zero-order valence-electron chi connectivity index (χ0n) is 22.5. The van der Waals surface area contributed by atoms with Gasteiger partial charge in [-0.2, -0.15) is 4.98 Å². The molecule has 1 fully saturated rings. The number of rotatable bonds is 8. The first-order valence-corrected chi connectivity index (χ1v) is 13.0. The molecule has 1 aromatic heterocycles. The Balaban J connectivity index is 1.54. The smallest absolute Gasteiger partial charge is 0.351 e. The molecule has 11 heteroatoms. The van der Waals surface area contributed by atoms with E-state index in [0.29, 0.717) is 5.56 Å². The summed E-state index contributed by atoms with van der Waals surface area (Å²) in [6.45, 7) is 1.08. The maximum Gasteiger partial charge on any atom is 0.351 e. The Labute approximate surface area is 240 Å². The van der Waals surface area contributed by atoms with Crippen LogP contribution in [0.2, 0.25) is 0 Å². The number of nitrogens with two attached hydrogens (primary N) is 1. The third kappa shape index (κ3) is 5.91. The molecule has 0 spiro atoms. The van der Waals surface area contributed by atoms with E-state index in [-0.39, 0.29) is 16.9 Å². The van der Waals surface area contributed by atoms with Crippen LogP contribution in [0.15, 0.2) is 108 Å². The molecule has 1 aliphatic heterocycles. The summed E-state index contributed by atoms with van der Waals surface area (Å²) >= 11 is 0. The Morgan fingerprint density at radius 2 is 1.36 bits per heavy atom. The topological polar surface area (TPSA) is 149 Å². The lowest BCUT2D eigenvalue weighted by atomic mass is 9.95. The van der Waals surface area contributed by atoms with Gasteiger partial charge in [0.25, 0.3) is 0 Å². The molecule has 4 atom stereocenters. The average Bonchev–Trinajstić information content (AvgIpc) is 3.27. The minimum atomic E-state index is -1.80. The summed E-state index contributed by atoms with van der Waals surface area (Å²) in [6, 6.07) is 26.0. The minimum Gasteiger partial charge on any atom is -0.459 e. The fourth-order valence-corrected chi connectivity index (χ4v) is 4.66. The molecule has 1 aliphatic rings. The first kappa shape index (κ1) is 28.2. The molecule has 2 heterocycles. The standard InChI is InChI=1S/C31H27N3O8/c1-31(42-28(37)22-15-9-4-10-16-22)25(41-27(36)21-13-7-3-8-14-21)23(19-39-26(35)20-11-5-2-6-12-20)40-29(31)34-18-17-24(32)33-30(34)38/h2-18,23,25,29H,19H2,1H3,(H2,32,33,38)/t23-,25?,29-,31+/m1/s1. The van der Waals surface area contributed by atoms with Crippen molar-refractivity contribution < 1.29 is 33.3 Å². The molecule has 0 radical (unpaired) electrons. The number of carbonyl (C=O) groups excluding carboxylic acids is 3. The molecular weight excluding hydrogens is 542 g/mol. The zero-order valence-corrected chi connectivity index (χ0v) is 22.5. The first-order valence-electron chi connectivity index (χ1n) is 13.0. The van der Waals surface area contributed by atoms with Crippen molar-refractivity contribution in [3.8, 4) is 0 Å². The van der Waals surface area contributed by atoms with Gasteiger partial charge in [0, 0.05) is 6.20 Å². The van der Waals surface area contributed by atoms with Crippen LogP contribution in [0, 0.1) is 0 Å². The molecular formula is C31H27N3O8. The van der Waals surface area contributed by atoms with Crippen molar-refractivity contribution in [1.82, 2.24) is 9.55 Å². The van der Waals surface area contributed by atoms with E-state index in [1.54, 1.807) is 91.0 Å². The summed E-state index contributed by atoms with van der Waals surface area (Å²) < 4.78 is 24.7. The molecule has 0 bridgehead atoms. The summed E-state index contributed by atoms with van der Waals surface area (Å²) in [5.74, 6) is -2.18. The van der Waals surface area contributed by atoms with E-state index in [9.17, 15) is 19.2 Å². The van der Waals surface area contributed by atoms with Gasteiger partial charge in [-0.15, -0.1) is 0 Å². The fraction of sp³-hybridized carbons (Fsp3) is 0.194. The van der Waals surface area contributed by atoms with Crippen LogP contribution in [-0.2, 0) is 18.9 Å². The fourth-order valence-electron chi connectivity index (χ4n) is 4.66. The van der Waals surface area contributed by atoms with Gasteiger partial charge in [-0.3, -0.25) is 4.57 Å². The van der Waals surface area contributed by atoms with Crippen LogP contribution in [-0.4, -0.2) is 51.9 Å². The van der Waals surface area contributed by atoms with Gasteiger partial charge in [0.2, 0.25) is 0 Å². The summed E-state index contributed by atoms with van der Waals surface area (Å²) in [7, 11) is 0. The van der Waals surface area contributed by atoms with Crippen molar-refractivity contribution in [3.63, 3.8) is 0 Å². The number of ether oxygens (including phenoxy) is 4. The summed E-state index contributed by atoms with van der Waals surface area (Å²) in [5, 5.41) is 0. The van der Waals surface area contributed by atoms with Crippen LogP contribution in [0.25, 0.3) is 0 Å². The van der Waals surface area contributed by atoms with E-state index in [4.69, 9.17) is 24.7 Å². The molecule has 5 rings (SSSR count). The molecule has 0 aliphatic carbocycles. The van der Waals surface area contributed by atoms with Crippen LogP contribution in [0.3, 0.4) is 0 Å². The summed E-state index contributed by atoms with van der Waals surface area (Å²) in [6.07, 6.45) is -2.51. The number of nitrogens with zero attached hydrogens (tertiary/aromatic N) is 2. The molecule has 0 amide bonds. The number of carbonyl (C=O) groups is 3. The molecule has 1 saturated heterocycles. The monoisotopic (exact) mass is 569 g/mol. The Morgan fingerprint density at radius 1 is 0.833 bits per heavy atom. The van der Waals surface area contributed by atoms with Gasteiger partial charge in [-0.1, -0.05) is 54.6 Å². The molecule has 3 aromatic carbocycles. The SMILES string of the molecule is C[C@]1(OC(=O)c2ccccc2)C(OC(=O)c2ccccc2)[C@@H](COC(=O)c2ccccc2)O[C@H]1n1ccc(N)nc1=O. The van der Waals surface area contributed by atoms with Crippen LogP contribution in [0.1, 0.15) is 44.2 Å². The van der Waals surface area contributed by atoms with Crippen LogP contribution in [0.5, 0.6) is 0 Å². The maximum absolute atomic E-state index is 13.4. The van der Waals surface area contributed by atoms with E-state index >= 15 is 0 Å². The molecule has 214 valence electrons. The highest BCUT2D eigenvalue weighted by atomic mass is 16.7. The largest absolute Gasteiger partial charge is 0.459 e. The van der Waals surface area contributed by atoms with E-state index < -0.39 is 54.2 Å². The third-order valence-corrected chi connectivity index (χ3v) is 6.75. The Hall–Kier alpha value is -5.29. The van der Waals surface area contributed by atoms with Crippen molar-refractivity contribution in [2.75, 3.05) is 12.3 Å². The van der Waals surface area contributed by atoms with Crippen molar-refractivity contribution in [3.05, 3.63) is 130 Å². The number of aromatic nitrogens is 2. The molecule has 42 heavy (non-hydrogen) atoms. The Morgan fingerprint density at radius 3 is 1.90 bits per heavy atom. The predicted octanol–water partition coefficient (Wildman–Crippen LogP) is 3.42. The van der Waals surface area contributed by atoms with E-state index in [1.165, 1.54) is 19.2 Å². The van der Waals surface area contributed by atoms with E-state index in [1.807, 2.05) is 0 Å². The van der Waals surface area contributed by atoms with Crippen LogP contribution in [0.4, 0.5) is 5.82 Å². The molecule has 11 nitrogen and oxygen atoms in total. The van der Waals surface area contributed by atoms with Gasteiger partial charge in [-0.05, 0) is 49.4 Å².